The van der Waals surface area contributed by atoms with E-state index in [1.54, 1.807) is 0 Å². The van der Waals surface area contributed by atoms with Crippen molar-refractivity contribution in [2.75, 3.05) is 6.61 Å². The van der Waals surface area contributed by atoms with Gasteiger partial charge in [0.2, 0.25) is 0 Å². The van der Waals surface area contributed by atoms with Crippen molar-refractivity contribution < 1.29 is 14.8 Å². The van der Waals surface area contributed by atoms with Crippen molar-refractivity contribution in [2.45, 2.75) is 6.61 Å². The van der Waals surface area contributed by atoms with E-state index >= 15 is 0 Å². The highest BCUT2D eigenvalue weighted by Crippen LogP contribution is 2.28. The average Bonchev–Trinajstić information content (AvgIpc) is 2.35. The van der Waals surface area contributed by atoms with E-state index in [-0.39, 0.29) is 29.7 Å². The van der Waals surface area contributed by atoms with Crippen molar-refractivity contribution in [3.63, 3.8) is 0 Å². The molecule has 5 nitrogen and oxygen atoms in total. The zero-order valence-corrected chi connectivity index (χ0v) is 10.1. The Morgan fingerprint density at radius 3 is 2.82 bits per heavy atom. The summed E-state index contributed by atoms with van der Waals surface area (Å²) >= 11 is 10.9. The van der Waals surface area contributed by atoms with E-state index in [1.165, 1.54) is 18.2 Å². The number of nitrogens with zero attached hydrogens (tertiary/aromatic N) is 1. The highest BCUT2D eigenvalue weighted by molar-refractivity contribution is 6.36. The van der Waals surface area contributed by atoms with Crippen LogP contribution in [-0.2, 0) is 6.61 Å². The van der Waals surface area contributed by atoms with Crippen molar-refractivity contribution in [1.82, 2.24) is 0 Å². The molecule has 0 aliphatic heterocycles. The highest BCUT2D eigenvalue weighted by Gasteiger charge is 2.15. The molecule has 0 unspecified atom stereocenters. The molecule has 1 N–H and O–H groups in total. The van der Waals surface area contributed by atoms with Crippen molar-refractivity contribution in [3.05, 3.63) is 44.4 Å². The molecule has 7 heteroatoms. The summed E-state index contributed by atoms with van der Waals surface area (Å²) in [6.07, 6.45) is 0. The summed E-state index contributed by atoms with van der Waals surface area (Å²) in [4.78, 5) is 10.2. The number of nitro benzene ring substituents is 1. The van der Waals surface area contributed by atoms with Gasteiger partial charge in [-0.05, 0) is 17.7 Å². The Labute approximate surface area is 107 Å². The summed E-state index contributed by atoms with van der Waals surface area (Å²) in [5, 5.41) is 19.9. The number of halogens is 2. The number of aliphatic hydroxyl groups is 1. The molecule has 0 amide bonds. The third-order valence-corrected chi connectivity index (χ3v) is 2.48. The first-order valence-electron chi connectivity index (χ1n) is 4.54. The summed E-state index contributed by atoms with van der Waals surface area (Å²) in [7, 11) is 0. The Hall–Kier alpha value is -1.30. The van der Waals surface area contributed by atoms with Crippen LogP contribution in [0.2, 0.25) is 0 Å². The lowest BCUT2D eigenvalue weighted by Crippen LogP contribution is -2.01. The molecule has 0 saturated heterocycles. The second-order valence-corrected chi connectivity index (χ2v) is 3.77. The molecule has 0 fully saturated rings. The molecule has 17 heavy (non-hydrogen) atoms. The van der Waals surface area contributed by atoms with Crippen LogP contribution in [0.5, 0.6) is 5.75 Å². The normalized spacial score (nSPS) is 11.4. The van der Waals surface area contributed by atoms with Crippen molar-refractivity contribution >= 4 is 28.9 Å². The molecule has 1 aromatic rings. The predicted molar refractivity (Wildman–Crippen MR) is 64.3 cm³/mol. The summed E-state index contributed by atoms with van der Waals surface area (Å²) < 4.78 is 5.16. The number of nitro groups is 1. The zero-order chi connectivity index (χ0) is 12.8. The van der Waals surface area contributed by atoms with E-state index in [0.29, 0.717) is 5.56 Å². The van der Waals surface area contributed by atoms with E-state index in [4.69, 9.17) is 33.0 Å². The molecular weight excluding hydrogens is 269 g/mol. The van der Waals surface area contributed by atoms with Gasteiger partial charge >= 0.3 is 5.69 Å². The summed E-state index contributed by atoms with van der Waals surface area (Å²) in [5.74, 6) is 0.0400. The Bertz CT molecular complexity index is 448. The van der Waals surface area contributed by atoms with Gasteiger partial charge in [0.05, 0.1) is 16.6 Å². The molecule has 0 spiro atoms. The maximum Gasteiger partial charge on any atom is 0.310 e. The van der Waals surface area contributed by atoms with Gasteiger partial charge in [-0.3, -0.25) is 10.1 Å². The minimum atomic E-state index is -0.575. The van der Waals surface area contributed by atoms with Crippen LogP contribution in [-0.4, -0.2) is 16.6 Å². The van der Waals surface area contributed by atoms with Crippen LogP contribution in [0.4, 0.5) is 5.69 Å². The summed E-state index contributed by atoms with van der Waals surface area (Å²) in [5.41, 5.74) is 1.43. The van der Waals surface area contributed by atoms with E-state index in [1.807, 2.05) is 0 Å². The smallest absolute Gasteiger partial charge is 0.310 e. The van der Waals surface area contributed by atoms with Crippen LogP contribution >= 0.6 is 23.2 Å². The number of ether oxygens (including phenoxy) is 1. The minimum Gasteiger partial charge on any atom is -0.481 e. The molecular formula is C10H9Cl2NO4. The Morgan fingerprint density at radius 1 is 1.59 bits per heavy atom. The van der Waals surface area contributed by atoms with Crippen LogP contribution in [0.3, 0.4) is 0 Å². The maximum absolute atomic E-state index is 10.7. The molecule has 0 radical (unpaired) electrons. The first-order chi connectivity index (χ1) is 8.08. The van der Waals surface area contributed by atoms with Crippen molar-refractivity contribution in [2.24, 2.45) is 0 Å². The predicted octanol–water partition coefficient (Wildman–Crippen LogP) is 2.78. The van der Waals surface area contributed by atoms with Gasteiger partial charge in [-0.1, -0.05) is 23.2 Å². The monoisotopic (exact) mass is 277 g/mol. The zero-order valence-electron chi connectivity index (χ0n) is 8.60. The van der Waals surface area contributed by atoms with Gasteiger partial charge in [0.1, 0.15) is 6.61 Å². The number of hydrogen-bond acceptors (Lipinski definition) is 4. The van der Waals surface area contributed by atoms with Crippen molar-refractivity contribution in [3.8, 4) is 5.75 Å². The summed E-state index contributed by atoms with van der Waals surface area (Å²) in [6.45, 7) is -0.297. The second-order valence-electron chi connectivity index (χ2n) is 3.06. The minimum absolute atomic E-state index is 0.0400. The molecule has 1 aromatic carbocycles. The molecule has 1 rings (SSSR count). The van der Waals surface area contributed by atoms with Crippen molar-refractivity contribution in [1.29, 1.82) is 0 Å². The summed E-state index contributed by atoms with van der Waals surface area (Å²) in [6, 6.07) is 4.10. The topological polar surface area (TPSA) is 72.6 Å². The third kappa shape index (κ3) is 3.89. The molecule has 92 valence electrons. The number of aliphatic hydroxyl groups excluding tert-OH is 1. The Balaban J connectivity index is 2.97. The Kier molecular flexibility index (Phi) is 5.21. The van der Waals surface area contributed by atoms with Gasteiger partial charge in [0, 0.05) is 11.6 Å². The molecule has 0 aliphatic rings. The van der Waals surface area contributed by atoms with Crippen LogP contribution in [0.15, 0.2) is 28.8 Å². The van der Waals surface area contributed by atoms with E-state index < -0.39 is 4.92 Å². The van der Waals surface area contributed by atoms with E-state index in [0.717, 1.165) is 5.54 Å². The van der Waals surface area contributed by atoms with Gasteiger partial charge in [-0.2, -0.15) is 0 Å². The quantitative estimate of drug-likeness (QED) is 0.664. The van der Waals surface area contributed by atoms with E-state index in [2.05, 4.69) is 0 Å². The largest absolute Gasteiger partial charge is 0.481 e. The fourth-order valence-electron chi connectivity index (χ4n) is 1.10. The number of rotatable bonds is 5. The Morgan fingerprint density at radius 2 is 2.29 bits per heavy atom. The van der Waals surface area contributed by atoms with Gasteiger partial charge in [0.15, 0.2) is 5.75 Å². The molecule has 0 aliphatic carbocycles. The molecule has 0 saturated carbocycles. The molecule has 0 heterocycles. The highest BCUT2D eigenvalue weighted by atomic mass is 35.5. The molecule has 0 atom stereocenters. The van der Waals surface area contributed by atoms with Gasteiger partial charge in [-0.15, -0.1) is 0 Å². The van der Waals surface area contributed by atoms with Gasteiger partial charge in [-0.25, -0.2) is 0 Å². The molecule has 0 bridgehead atoms. The van der Waals surface area contributed by atoms with Crippen LogP contribution in [0.1, 0.15) is 5.56 Å². The fourth-order valence-corrected chi connectivity index (χ4v) is 1.22. The second kappa shape index (κ2) is 6.44. The van der Waals surface area contributed by atoms with Crippen LogP contribution < -0.4 is 4.74 Å². The number of benzene rings is 1. The fraction of sp³-hybridized carbons (Fsp3) is 0.200. The first kappa shape index (κ1) is 13.8. The molecule has 0 aromatic heterocycles. The maximum atomic E-state index is 10.7. The standard InChI is InChI=1S/C10H9Cl2NO4/c11-4-8(12)6-17-10-3-7(5-14)1-2-9(10)13(15)16/h1-4,14H,5-6H2. The lowest BCUT2D eigenvalue weighted by molar-refractivity contribution is -0.385. The SMILES string of the molecule is O=[N+]([O-])c1ccc(CO)cc1OCC(Cl)=CCl. The lowest BCUT2D eigenvalue weighted by Gasteiger charge is -2.07. The third-order valence-electron chi connectivity index (χ3n) is 1.89. The van der Waals surface area contributed by atoms with Crippen LogP contribution in [0, 0.1) is 10.1 Å². The van der Waals surface area contributed by atoms with Gasteiger partial charge < -0.3 is 9.84 Å². The van der Waals surface area contributed by atoms with Crippen LogP contribution in [0.25, 0.3) is 0 Å². The van der Waals surface area contributed by atoms with Gasteiger partial charge in [0.25, 0.3) is 0 Å². The average molecular weight is 278 g/mol. The first-order valence-corrected chi connectivity index (χ1v) is 5.35. The number of hydrogen-bond donors (Lipinski definition) is 1. The van der Waals surface area contributed by atoms with E-state index in [9.17, 15) is 10.1 Å². The lowest BCUT2D eigenvalue weighted by atomic mass is 10.2.